The van der Waals surface area contributed by atoms with E-state index >= 15 is 0 Å². The normalized spacial score (nSPS) is 14.9. The number of benzene rings is 1. The third-order valence-electron chi connectivity index (χ3n) is 5.78. The number of pyridine rings is 1. The van der Waals surface area contributed by atoms with E-state index in [0.29, 0.717) is 18.2 Å². The first-order valence-corrected chi connectivity index (χ1v) is 11.1. The Morgan fingerprint density at radius 2 is 1.85 bits per heavy atom. The number of nitrogens with zero attached hydrogens (tertiary/aromatic N) is 4. The number of H-pyrrole nitrogens is 1. The average Bonchev–Trinajstić information content (AvgIpc) is 3.28. The molecule has 1 atom stereocenters. The van der Waals surface area contributed by atoms with Gasteiger partial charge in [-0.05, 0) is 30.7 Å². The molecule has 3 aromatic heterocycles. The van der Waals surface area contributed by atoms with Crippen LogP contribution in [0.25, 0.3) is 22.2 Å². The molecular weight excluding hydrogens is 440 g/mol. The van der Waals surface area contributed by atoms with E-state index in [4.69, 9.17) is 16.3 Å². The van der Waals surface area contributed by atoms with Crippen LogP contribution in [-0.4, -0.2) is 52.1 Å². The van der Waals surface area contributed by atoms with Crippen molar-refractivity contribution in [2.24, 2.45) is 0 Å². The highest BCUT2D eigenvalue weighted by Crippen LogP contribution is 2.30. The van der Waals surface area contributed by atoms with Gasteiger partial charge in [0.1, 0.15) is 5.65 Å². The van der Waals surface area contributed by atoms with Crippen molar-refractivity contribution < 1.29 is 9.53 Å². The van der Waals surface area contributed by atoms with Gasteiger partial charge in [0, 0.05) is 53.2 Å². The van der Waals surface area contributed by atoms with Gasteiger partial charge >= 0.3 is 0 Å². The molecule has 0 bridgehead atoms. The van der Waals surface area contributed by atoms with Crippen LogP contribution >= 0.6 is 11.6 Å². The molecule has 2 N–H and O–H groups in total. The Morgan fingerprint density at radius 3 is 2.58 bits per heavy atom. The lowest BCUT2D eigenvalue weighted by molar-refractivity contribution is 0.0929. The van der Waals surface area contributed by atoms with E-state index < -0.39 is 0 Å². The fourth-order valence-electron chi connectivity index (χ4n) is 3.91. The van der Waals surface area contributed by atoms with Crippen molar-refractivity contribution >= 4 is 34.2 Å². The Morgan fingerprint density at radius 1 is 1.12 bits per heavy atom. The van der Waals surface area contributed by atoms with Gasteiger partial charge in [0.2, 0.25) is 5.82 Å². The summed E-state index contributed by atoms with van der Waals surface area (Å²) in [5.41, 5.74) is 4.55. The number of nitrogens with one attached hydrogen (secondary N) is 2. The molecular formula is C24H23ClN6O2. The monoisotopic (exact) mass is 462 g/mol. The number of aromatic amines is 1. The number of carbonyl (C=O) groups is 1. The van der Waals surface area contributed by atoms with E-state index in [-0.39, 0.29) is 17.8 Å². The van der Waals surface area contributed by atoms with Crippen molar-refractivity contribution in [3.05, 3.63) is 71.5 Å². The van der Waals surface area contributed by atoms with Crippen LogP contribution in [0.1, 0.15) is 29.1 Å². The second kappa shape index (κ2) is 9.17. The molecule has 9 heteroatoms. The molecule has 8 nitrogen and oxygen atoms in total. The van der Waals surface area contributed by atoms with Gasteiger partial charge in [-0.2, -0.15) is 0 Å². The fraction of sp³-hybridized carbons (Fsp3) is 0.250. The molecule has 0 radical (unpaired) electrons. The molecule has 4 aromatic rings. The predicted octanol–water partition coefficient (Wildman–Crippen LogP) is 4.00. The number of halogens is 1. The summed E-state index contributed by atoms with van der Waals surface area (Å²) in [4.78, 5) is 31.3. The van der Waals surface area contributed by atoms with Crippen LogP contribution in [0.3, 0.4) is 0 Å². The quantitative estimate of drug-likeness (QED) is 0.465. The largest absolute Gasteiger partial charge is 0.378 e. The number of hydrogen-bond donors (Lipinski definition) is 2. The van der Waals surface area contributed by atoms with E-state index in [0.717, 1.165) is 46.5 Å². The summed E-state index contributed by atoms with van der Waals surface area (Å²) in [6, 6.07) is 9.28. The zero-order chi connectivity index (χ0) is 22.8. The third-order valence-corrected chi connectivity index (χ3v) is 6.03. The standard InChI is InChI=1S/C24H23ClN6O2/c1-15(16-2-4-18(25)5-3-16)30-24(32)23-26-11-17(12-27-23)21-14-29-22-20(21)10-19(13-28-22)31-6-8-33-9-7-31/h2-5,10-15H,6-9H2,1H3,(H,28,29)(H,30,32)/t15-/m1/s1. The maximum atomic E-state index is 12.6. The van der Waals surface area contributed by atoms with E-state index in [2.05, 4.69) is 36.2 Å². The van der Waals surface area contributed by atoms with Crippen LogP contribution in [0.5, 0.6) is 0 Å². The summed E-state index contributed by atoms with van der Waals surface area (Å²) in [5, 5.41) is 4.56. The number of ether oxygens (including phenoxy) is 1. The smallest absolute Gasteiger partial charge is 0.289 e. The number of anilines is 1. The highest BCUT2D eigenvalue weighted by atomic mass is 35.5. The summed E-state index contributed by atoms with van der Waals surface area (Å²) in [7, 11) is 0. The van der Waals surface area contributed by atoms with Crippen LogP contribution in [0.4, 0.5) is 5.69 Å². The molecule has 1 saturated heterocycles. The van der Waals surface area contributed by atoms with Crippen molar-refractivity contribution in [2.75, 3.05) is 31.2 Å². The van der Waals surface area contributed by atoms with Gasteiger partial charge in [0.15, 0.2) is 0 Å². The minimum absolute atomic E-state index is 0.117. The average molecular weight is 463 g/mol. The SMILES string of the molecule is C[C@@H](NC(=O)c1ncc(-c2c[nH]c3ncc(N4CCOCC4)cc23)cn1)c1ccc(Cl)cc1. The Hall–Kier alpha value is -3.49. The fourth-order valence-corrected chi connectivity index (χ4v) is 4.03. The summed E-state index contributed by atoms with van der Waals surface area (Å²) in [5.74, 6) is -0.217. The summed E-state index contributed by atoms with van der Waals surface area (Å²) in [6.07, 6.45) is 7.10. The molecule has 5 rings (SSSR count). The number of fused-ring (bicyclic) bond motifs is 1. The van der Waals surface area contributed by atoms with E-state index in [1.54, 1.807) is 24.5 Å². The summed E-state index contributed by atoms with van der Waals surface area (Å²) in [6.45, 7) is 5.02. The first-order chi connectivity index (χ1) is 16.1. The maximum Gasteiger partial charge on any atom is 0.289 e. The molecule has 1 amide bonds. The molecule has 0 spiro atoms. The van der Waals surface area contributed by atoms with Crippen LogP contribution in [0.2, 0.25) is 5.02 Å². The predicted molar refractivity (Wildman–Crippen MR) is 127 cm³/mol. The Balaban J connectivity index is 1.34. The molecule has 0 unspecified atom stereocenters. The molecule has 0 saturated carbocycles. The molecule has 1 aliphatic heterocycles. The maximum absolute atomic E-state index is 12.6. The van der Waals surface area contributed by atoms with E-state index in [1.165, 1.54) is 0 Å². The second-order valence-electron chi connectivity index (χ2n) is 7.93. The molecule has 0 aliphatic carbocycles. The molecule has 1 aliphatic rings. The van der Waals surface area contributed by atoms with Crippen molar-refractivity contribution in [1.82, 2.24) is 25.3 Å². The van der Waals surface area contributed by atoms with Crippen molar-refractivity contribution in [1.29, 1.82) is 0 Å². The van der Waals surface area contributed by atoms with Crippen molar-refractivity contribution in [2.45, 2.75) is 13.0 Å². The van der Waals surface area contributed by atoms with Gasteiger partial charge in [0.25, 0.3) is 5.91 Å². The van der Waals surface area contributed by atoms with Crippen molar-refractivity contribution in [3.8, 4) is 11.1 Å². The Kier molecular flexibility index (Phi) is 5.93. The van der Waals surface area contributed by atoms with Gasteiger partial charge in [-0.3, -0.25) is 4.79 Å². The molecule has 1 fully saturated rings. The highest BCUT2D eigenvalue weighted by molar-refractivity contribution is 6.30. The van der Waals surface area contributed by atoms with Gasteiger partial charge in [-0.15, -0.1) is 0 Å². The lowest BCUT2D eigenvalue weighted by Gasteiger charge is -2.28. The lowest BCUT2D eigenvalue weighted by Crippen LogP contribution is -2.36. The van der Waals surface area contributed by atoms with Gasteiger partial charge in [-0.1, -0.05) is 23.7 Å². The van der Waals surface area contributed by atoms with Crippen LogP contribution in [-0.2, 0) is 4.74 Å². The van der Waals surface area contributed by atoms with Gasteiger partial charge in [-0.25, -0.2) is 15.0 Å². The number of carbonyl (C=O) groups excluding carboxylic acids is 1. The minimum atomic E-state index is -0.334. The van der Waals surface area contributed by atoms with E-state index in [9.17, 15) is 4.79 Å². The van der Waals surface area contributed by atoms with Crippen molar-refractivity contribution in [3.63, 3.8) is 0 Å². The summed E-state index contributed by atoms with van der Waals surface area (Å²) < 4.78 is 5.45. The molecule has 4 heterocycles. The third kappa shape index (κ3) is 4.53. The number of hydrogen-bond acceptors (Lipinski definition) is 6. The first-order valence-electron chi connectivity index (χ1n) is 10.8. The lowest BCUT2D eigenvalue weighted by atomic mass is 10.1. The van der Waals surface area contributed by atoms with E-state index in [1.807, 2.05) is 31.5 Å². The highest BCUT2D eigenvalue weighted by Gasteiger charge is 2.17. The second-order valence-corrected chi connectivity index (χ2v) is 8.37. The Labute approximate surface area is 196 Å². The molecule has 33 heavy (non-hydrogen) atoms. The number of morpholine rings is 1. The molecule has 1 aromatic carbocycles. The number of rotatable bonds is 5. The topological polar surface area (TPSA) is 96.0 Å². The molecule has 168 valence electrons. The van der Waals surface area contributed by atoms with Crippen LogP contribution in [0, 0.1) is 0 Å². The van der Waals surface area contributed by atoms with Crippen LogP contribution < -0.4 is 10.2 Å². The Bertz CT molecular complexity index is 1270. The zero-order valence-corrected chi connectivity index (χ0v) is 18.8. The zero-order valence-electron chi connectivity index (χ0n) is 18.1. The van der Waals surface area contributed by atoms with Crippen LogP contribution in [0.15, 0.2) is 55.1 Å². The number of amides is 1. The number of aromatic nitrogens is 4. The first kappa shape index (κ1) is 21.4. The van der Waals surface area contributed by atoms with Gasteiger partial charge in [0.05, 0.1) is 31.1 Å². The minimum Gasteiger partial charge on any atom is -0.378 e. The summed E-state index contributed by atoms with van der Waals surface area (Å²) >= 11 is 5.94. The van der Waals surface area contributed by atoms with Gasteiger partial charge < -0.3 is 19.9 Å².